The molecule has 146 valence electrons. The summed E-state index contributed by atoms with van der Waals surface area (Å²) in [5.74, 6) is -2.77. The van der Waals surface area contributed by atoms with Gasteiger partial charge in [0, 0.05) is 12.5 Å². The summed E-state index contributed by atoms with van der Waals surface area (Å²) in [6, 6.07) is 8.40. The van der Waals surface area contributed by atoms with Crippen LogP contribution in [0, 0.1) is 0 Å². The number of rotatable bonds is 4. The number of primary amides is 1. The van der Waals surface area contributed by atoms with Gasteiger partial charge < -0.3 is 5.73 Å². The molecule has 0 spiro atoms. The lowest BCUT2D eigenvalue weighted by molar-refractivity contribution is -0.710. The SMILES string of the molecule is NC(=O)c1ccc[n+](CN2C(=O)CCC(N3C(=O)c4ccccc4C3=O)C2=O)c1. The highest BCUT2D eigenvalue weighted by Gasteiger charge is 2.47. The van der Waals surface area contributed by atoms with Crippen LogP contribution in [-0.4, -0.2) is 45.4 Å². The fourth-order valence-electron chi connectivity index (χ4n) is 3.62. The number of imide groups is 2. The summed E-state index contributed by atoms with van der Waals surface area (Å²) in [5.41, 5.74) is 5.98. The lowest BCUT2D eigenvalue weighted by Crippen LogP contribution is -2.59. The summed E-state index contributed by atoms with van der Waals surface area (Å²) in [7, 11) is 0. The second-order valence-electron chi connectivity index (χ2n) is 6.85. The van der Waals surface area contributed by atoms with E-state index in [4.69, 9.17) is 5.73 Å². The largest absolute Gasteiger partial charge is 0.365 e. The van der Waals surface area contributed by atoms with Crippen molar-refractivity contribution in [2.45, 2.75) is 25.6 Å². The predicted molar refractivity (Wildman–Crippen MR) is 97.0 cm³/mol. The fourth-order valence-corrected chi connectivity index (χ4v) is 3.62. The highest BCUT2D eigenvalue weighted by Crippen LogP contribution is 2.28. The molecule has 29 heavy (non-hydrogen) atoms. The zero-order valence-corrected chi connectivity index (χ0v) is 15.3. The van der Waals surface area contributed by atoms with Crippen LogP contribution in [0.4, 0.5) is 0 Å². The Kier molecular flexibility index (Phi) is 4.42. The first kappa shape index (κ1) is 18.5. The van der Waals surface area contributed by atoms with Crippen LogP contribution in [0.3, 0.4) is 0 Å². The molecule has 1 saturated heterocycles. The Morgan fingerprint density at radius 1 is 1.03 bits per heavy atom. The molecule has 2 aliphatic heterocycles. The maximum atomic E-state index is 13.0. The number of carbonyl (C=O) groups excluding carboxylic acids is 5. The molecule has 5 amide bonds. The van der Waals surface area contributed by atoms with Crippen LogP contribution in [0.15, 0.2) is 48.8 Å². The molecule has 4 rings (SSSR count). The van der Waals surface area contributed by atoms with Crippen molar-refractivity contribution in [1.82, 2.24) is 9.80 Å². The van der Waals surface area contributed by atoms with Gasteiger partial charge in [0.15, 0.2) is 12.4 Å². The average Bonchev–Trinajstić information content (AvgIpc) is 2.97. The number of benzene rings is 1. The van der Waals surface area contributed by atoms with Crippen molar-refractivity contribution < 1.29 is 28.5 Å². The van der Waals surface area contributed by atoms with E-state index in [0.29, 0.717) is 0 Å². The maximum Gasteiger partial charge on any atom is 0.262 e. The van der Waals surface area contributed by atoms with Gasteiger partial charge in [-0.2, -0.15) is 4.57 Å². The summed E-state index contributed by atoms with van der Waals surface area (Å²) < 4.78 is 1.47. The van der Waals surface area contributed by atoms with E-state index in [9.17, 15) is 24.0 Å². The average molecular weight is 393 g/mol. The second kappa shape index (κ2) is 6.93. The van der Waals surface area contributed by atoms with Gasteiger partial charge >= 0.3 is 0 Å². The molecule has 1 aromatic heterocycles. The van der Waals surface area contributed by atoms with E-state index in [0.717, 1.165) is 9.80 Å². The maximum absolute atomic E-state index is 13.0. The minimum absolute atomic E-state index is 0.0138. The van der Waals surface area contributed by atoms with Crippen LogP contribution < -0.4 is 10.3 Å². The zero-order valence-electron chi connectivity index (χ0n) is 15.3. The number of pyridine rings is 1. The van der Waals surface area contributed by atoms with E-state index in [1.807, 2.05) is 0 Å². The zero-order chi connectivity index (χ0) is 20.7. The van der Waals surface area contributed by atoms with E-state index >= 15 is 0 Å². The lowest BCUT2D eigenvalue weighted by atomic mass is 10.0. The summed E-state index contributed by atoms with van der Waals surface area (Å²) in [4.78, 5) is 64.1. The van der Waals surface area contributed by atoms with Crippen LogP contribution in [0.1, 0.15) is 43.9 Å². The number of hydrogen-bond donors (Lipinski definition) is 1. The number of carbonyl (C=O) groups is 5. The monoisotopic (exact) mass is 393 g/mol. The molecule has 2 aromatic rings. The number of hydrogen-bond acceptors (Lipinski definition) is 5. The van der Waals surface area contributed by atoms with Gasteiger partial charge in [0.2, 0.25) is 12.6 Å². The number of likely N-dealkylation sites (tertiary alicyclic amines) is 1. The van der Waals surface area contributed by atoms with Crippen molar-refractivity contribution in [2.24, 2.45) is 5.73 Å². The first-order valence-corrected chi connectivity index (χ1v) is 8.98. The standard InChI is InChI=1S/C20H16N4O5/c21-17(26)12-4-3-9-22(10-12)11-23-16(25)8-7-15(20(23)29)24-18(27)13-5-1-2-6-14(13)19(24)28/h1-6,9-10,15H,7-8,11H2,(H-,21,26)/p+1. The van der Waals surface area contributed by atoms with Crippen LogP contribution in [0.5, 0.6) is 0 Å². The quantitative estimate of drug-likeness (QED) is 0.572. The number of amides is 5. The number of fused-ring (bicyclic) bond motifs is 1. The van der Waals surface area contributed by atoms with Gasteiger partial charge in [-0.1, -0.05) is 12.1 Å². The molecular weight excluding hydrogens is 376 g/mol. The number of aromatic nitrogens is 1. The molecule has 0 saturated carbocycles. The second-order valence-corrected chi connectivity index (χ2v) is 6.85. The Morgan fingerprint density at radius 3 is 2.31 bits per heavy atom. The molecule has 1 unspecified atom stereocenters. The third-order valence-electron chi connectivity index (χ3n) is 5.07. The van der Waals surface area contributed by atoms with Gasteiger partial charge in [-0.3, -0.25) is 28.9 Å². The first-order valence-electron chi connectivity index (χ1n) is 8.98. The van der Waals surface area contributed by atoms with Gasteiger partial charge in [-0.15, -0.1) is 0 Å². The van der Waals surface area contributed by atoms with E-state index in [1.54, 1.807) is 24.4 Å². The summed E-state index contributed by atoms with van der Waals surface area (Å²) >= 11 is 0. The van der Waals surface area contributed by atoms with Gasteiger partial charge in [0.05, 0.1) is 11.1 Å². The highest BCUT2D eigenvalue weighted by molar-refractivity contribution is 6.23. The van der Waals surface area contributed by atoms with Crippen LogP contribution in [-0.2, 0) is 16.3 Å². The smallest absolute Gasteiger partial charge is 0.262 e. The topological polar surface area (TPSA) is 122 Å². The number of nitrogens with two attached hydrogens (primary N) is 1. The Bertz CT molecular complexity index is 1050. The highest BCUT2D eigenvalue weighted by atomic mass is 16.2. The molecule has 0 aliphatic carbocycles. The first-order chi connectivity index (χ1) is 13.9. The molecule has 3 heterocycles. The third-order valence-corrected chi connectivity index (χ3v) is 5.07. The van der Waals surface area contributed by atoms with Crippen molar-refractivity contribution in [1.29, 1.82) is 0 Å². The normalized spacial score (nSPS) is 19.0. The van der Waals surface area contributed by atoms with Crippen molar-refractivity contribution in [2.75, 3.05) is 0 Å². The molecule has 1 fully saturated rings. The third kappa shape index (κ3) is 3.06. The molecule has 1 aromatic carbocycles. The molecule has 9 heteroatoms. The Hall–Kier alpha value is -3.88. The molecule has 9 nitrogen and oxygen atoms in total. The van der Waals surface area contributed by atoms with Crippen LogP contribution in [0.2, 0.25) is 0 Å². The van der Waals surface area contributed by atoms with Crippen molar-refractivity contribution >= 4 is 29.5 Å². The van der Waals surface area contributed by atoms with E-state index in [1.165, 1.54) is 29.0 Å². The lowest BCUT2D eigenvalue weighted by Gasteiger charge is -2.32. The predicted octanol–water partition coefficient (Wildman–Crippen LogP) is -0.156. The minimum atomic E-state index is -1.06. The summed E-state index contributed by atoms with van der Waals surface area (Å²) in [6.07, 6.45) is 3.10. The van der Waals surface area contributed by atoms with Gasteiger partial charge in [-0.05, 0) is 24.6 Å². The van der Waals surface area contributed by atoms with E-state index < -0.39 is 35.6 Å². The molecule has 1 atom stereocenters. The Labute approximate surface area is 165 Å². The molecular formula is C20H17N4O5+. The number of nitrogens with zero attached hydrogens (tertiary/aromatic N) is 3. The summed E-state index contributed by atoms with van der Waals surface area (Å²) in [6.45, 7) is -0.154. The van der Waals surface area contributed by atoms with Crippen molar-refractivity contribution in [3.63, 3.8) is 0 Å². The van der Waals surface area contributed by atoms with Gasteiger partial charge in [-0.25, -0.2) is 4.90 Å². The Balaban J connectivity index is 1.60. The fraction of sp³-hybridized carbons (Fsp3) is 0.200. The molecule has 2 aliphatic rings. The van der Waals surface area contributed by atoms with E-state index in [2.05, 4.69) is 0 Å². The van der Waals surface area contributed by atoms with Gasteiger partial charge in [0.25, 0.3) is 23.6 Å². The van der Waals surface area contributed by atoms with Gasteiger partial charge in [0.1, 0.15) is 11.6 Å². The van der Waals surface area contributed by atoms with Crippen LogP contribution in [0.25, 0.3) is 0 Å². The van der Waals surface area contributed by atoms with Crippen LogP contribution >= 0.6 is 0 Å². The van der Waals surface area contributed by atoms with Crippen molar-refractivity contribution in [3.8, 4) is 0 Å². The molecule has 0 bridgehead atoms. The summed E-state index contributed by atoms with van der Waals surface area (Å²) in [5, 5.41) is 0. The Morgan fingerprint density at radius 2 is 1.69 bits per heavy atom. The van der Waals surface area contributed by atoms with Crippen molar-refractivity contribution in [3.05, 3.63) is 65.5 Å². The minimum Gasteiger partial charge on any atom is -0.365 e. The number of piperidine rings is 1. The molecule has 0 radical (unpaired) electrons. The molecule has 2 N–H and O–H groups in total. The van der Waals surface area contributed by atoms with E-state index in [-0.39, 0.29) is 36.2 Å².